The van der Waals surface area contributed by atoms with Crippen LogP contribution < -0.4 is 4.90 Å². The standard InChI is InChI=1S/C13H16ClNO3S/c1-10-2-4-11(5-3-10)15(13(16)8-14)12-6-7-19(17,18)9-12/h2-5,12H,6-9H2,1H3/t12-/m0/s1. The van der Waals surface area contributed by atoms with Crippen molar-refractivity contribution >= 4 is 33.0 Å². The molecule has 104 valence electrons. The number of nitrogens with zero attached hydrogens (tertiary/aromatic N) is 1. The van der Waals surface area contributed by atoms with Crippen molar-refractivity contribution in [2.45, 2.75) is 19.4 Å². The first kappa shape index (κ1) is 14.3. The van der Waals surface area contributed by atoms with Crippen LogP contribution in [0.25, 0.3) is 0 Å². The van der Waals surface area contributed by atoms with E-state index in [2.05, 4.69) is 0 Å². The number of hydrogen-bond acceptors (Lipinski definition) is 3. The van der Waals surface area contributed by atoms with Gasteiger partial charge in [-0.15, -0.1) is 11.6 Å². The summed E-state index contributed by atoms with van der Waals surface area (Å²) in [5.41, 5.74) is 1.79. The fourth-order valence-electron chi connectivity index (χ4n) is 2.31. The first-order chi connectivity index (χ1) is 8.93. The minimum atomic E-state index is -3.04. The molecule has 1 saturated heterocycles. The second-order valence-corrected chi connectivity index (χ2v) is 7.29. The molecule has 1 aliphatic heterocycles. The molecule has 1 amide bonds. The van der Waals surface area contributed by atoms with E-state index in [-0.39, 0.29) is 29.3 Å². The molecule has 1 atom stereocenters. The number of aryl methyl sites for hydroxylation is 1. The average molecular weight is 302 g/mol. The maximum absolute atomic E-state index is 12.0. The van der Waals surface area contributed by atoms with Gasteiger partial charge in [-0.05, 0) is 25.5 Å². The van der Waals surface area contributed by atoms with Gasteiger partial charge in [-0.25, -0.2) is 8.42 Å². The molecule has 6 heteroatoms. The summed E-state index contributed by atoms with van der Waals surface area (Å²) < 4.78 is 23.1. The summed E-state index contributed by atoms with van der Waals surface area (Å²) in [6.07, 6.45) is 0.471. The summed E-state index contributed by atoms with van der Waals surface area (Å²) in [5.74, 6) is -0.253. The van der Waals surface area contributed by atoms with Crippen LogP contribution in [0.15, 0.2) is 24.3 Å². The van der Waals surface area contributed by atoms with Gasteiger partial charge in [0, 0.05) is 5.69 Å². The van der Waals surface area contributed by atoms with E-state index in [1.54, 1.807) is 0 Å². The lowest BCUT2D eigenvalue weighted by Crippen LogP contribution is -2.42. The third-order valence-electron chi connectivity index (χ3n) is 3.27. The van der Waals surface area contributed by atoms with E-state index in [0.717, 1.165) is 5.56 Å². The first-order valence-electron chi connectivity index (χ1n) is 6.08. The van der Waals surface area contributed by atoms with Crippen LogP contribution in [-0.4, -0.2) is 37.8 Å². The minimum Gasteiger partial charge on any atom is -0.307 e. The molecule has 4 nitrogen and oxygen atoms in total. The summed E-state index contributed by atoms with van der Waals surface area (Å²) in [6.45, 7) is 1.96. The van der Waals surface area contributed by atoms with Crippen molar-refractivity contribution in [1.82, 2.24) is 0 Å². The van der Waals surface area contributed by atoms with Crippen LogP contribution in [0.5, 0.6) is 0 Å². The Morgan fingerprint density at radius 3 is 2.47 bits per heavy atom. The number of amides is 1. The van der Waals surface area contributed by atoms with Gasteiger partial charge in [-0.3, -0.25) is 4.79 Å². The normalized spacial score (nSPS) is 21.3. The van der Waals surface area contributed by atoms with Crippen LogP contribution in [0.1, 0.15) is 12.0 Å². The number of rotatable bonds is 3. The Hall–Kier alpha value is -1.07. The van der Waals surface area contributed by atoms with E-state index in [1.165, 1.54) is 4.90 Å². The Kier molecular flexibility index (Phi) is 4.16. The van der Waals surface area contributed by atoms with E-state index < -0.39 is 9.84 Å². The molecule has 0 bridgehead atoms. The summed E-state index contributed by atoms with van der Waals surface area (Å²) in [5, 5.41) is 0. The van der Waals surface area contributed by atoms with Crippen LogP contribution in [0.2, 0.25) is 0 Å². The number of carbonyl (C=O) groups is 1. The SMILES string of the molecule is Cc1ccc(N(C(=O)CCl)[C@H]2CCS(=O)(=O)C2)cc1. The van der Waals surface area contributed by atoms with Crippen molar-refractivity contribution in [1.29, 1.82) is 0 Å². The lowest BCUT2D eigenvalue weighted by molar-refractivity contribution is -0.116. The highest BCUT2D eigenvalue weighted by molar-refractivity contribution is 7.91. The number of hydrogen-bond donors (Lipinski definition) is 0. The third-order valence-corrected chi connectivity index (χ3v) is 5.25. The molecule has 0 aromatic heterocycles. The van der Waals surface area contributed by atoms with Gasteiger partial charge in [-0.1, -0.05) is 17.7 Å². The monoisotopic (exact) mass is 301 g/mol. The quantitative estimate of drug-likeness (QED) is 0.799. The number of benzene rings is 1. The lowest BCUT2D eigenvalue weighted by atomic mass is 10.1. The predicted octanol–water partition coefficient (Wildman–Crippen LogP) is 1.75. The maximum atomic E-state index is 12.0. The molecule has 1 aromatic rings. The van der Waals surface area contributed by atoms with Crippen molar-refractivity contribution in [2.75, 3.05) is 22.3 Å². The highest BCUT2D eigenvalue weighted by Gasteiger charge is 2.35. The van der Waals surface area contributed by atoms with E-state index in [1.807, 2.05) is 31.2 Å². The van der Waals surface area contributed by atoms with Crippen LogP contribution in [0.3, 0.4) is 0 Å². The number of sulfone groups is 1. The second kappa shape index (κ2) is 5.51. The van der Waals surface area contributed by atoms with Crippen molar-refractivity contribution in [3.63, 3.8) is 0 Å². The van der Waals surface area contributed by atoms with Crippen molar-refractivity contribution in [2.24, 2.45) is 0 Å². The predicted molar refractivity (Wildman–Crippen MR) is 76.4 cm³/mol. The number of halogens is 1. The molecule has 0 unspecified atom stereocenters. The molecular formula is C13H16ClNO3S. The van der Waals surface area contributed by atoms with Crippen LogP contribution in [0.4, 0.5) is 5.69 Å². The Bertz CT molecular complexity index is 568. The largest absolute Gasteiger partial charge is 0.307 e. The van der Waals surface area contributed by atoms with Crippen LogP contribution in [-0.2, 0) is 14.6 Å². The average Bonchev–Trinajstić information content (AvgIpc) is 2.72. The zero-order valence-corrected chi connectivity index (χ0v) is 12.2. The molecule has 1 fully saturated rings. The van der Waals surface area contributed by atoms with E-state index in [9.17, 15) is 13.2 Å². The molecule has 19 heavy (non-hydrogen) atoms. The number of alkyl halides is 1. The van der Waals surface area contributed by atoms with Crippen LogP contribution in [0, 0.1) is 6.92 Å². The summed E-state index contributed by atoms with van der Waals surface area (Å²) in [6, 6.07) is 7.13. The molecule has 1 aliphatic rings. The molecular weight excluding hydrogens is 286 g/mol. The molecule has 2 rings (SSSR count). The minimum absolute atomic E-state index is 0.0174. The first-order valence-corrected chi connectivity index (χ1v) is 8.43. The molecule has 0 saturated carbocycles. The zero-order chi connectivity index (χ0) is 14.0. The highest BCUT2D eigenvalue weighted by atomic mass is 35.5. The molecule has 1 heterocycles. The Balaban J connectivity index is 2.32. The van der Waals surface area contributed by atoms with Gasteiger partial charge in [-0.2, -0.15) is 0 Å². The Labute approximate surface area is 118 Å². The van der Waals surface area contributed by atoms with Crippen molar-refractivity contribution in [3.05, 3.63) is 29.8 Å². The molecule has 0 radical (unpaired) electrons. The maximum Gasteiger partial charge on any atom is 0.242 e. The van der Waals surface area contributed by atoms with Gasteiger partial charge in [0.1, 0.15) is 5.88 Å². The Morgan fingerprint density at radius 1 is 1.37 bits per heavy atom. The summed E-state index contributed by atoms with van der Waals surface area (Å²) >= 11 is 5.64. The van der Waals surface area contributed by atoms with E-state index in [0.29, 0.717) is 12.1 Å². The van der Waals surface area contributed by atoms with Crippen LogP contribution >= 0.6 is 11.6 Å². The third kappa shape index (κ3) is 3.28. The molecule has 0 N–H and O–H groups in total. The van der Waals surface area contributed by atoms with Gasteiger partial charge >= 0.3 is 0 Å². The highest BCUT2D eigenvalue weighted by Crippen LogP contribution is 2.25. The Morgan fingerprint density at radius 2 is 2.00 bits per heavy atom. The molecule has 0 spiro atoms. The fourth-order valence-corrected chi connectivity index (χ4v) is 4.14. The van der Waals surface area contributed by atoms with Gasteiger partial charge in [0.15, 0.2) is 9.84 Å². The fraction of sp³-hybridized carbons (Fsp3) is 0.462. The van der Waals surface area contributed by atoms with Gasteiger partial charge in [0.25, 0.3) is 0 Å². The smallest absolute Gasteiger partial charge is 0.242 e. The van der Waals surface area contributed by atoms with E-state index >= 15 is 0 Å². The van der Waals surface area contributed by atoms with Gasteiger partial charge in [0.2, 0.25) is 5.91 Å². The van der Waals surface area contributed by atoms with Crippen molar-refractivity contribution in [3.8, 4) is 0 Å². The molecule has 0 aliphatic carbocycles. The zero-order valence-electron chi connectivity index (χ0n) is 10.7. The second-order valence-electron chi connectivity index (χ2n) is 4.79. The van der Waals surface area contributed by atoms with Gasteiger partial charge in [0.05, 0.1) is 17.5 Å². The summed E-state index contributed by atoms with van der Waals surface area (Å²) in [4.78, 5) is 13.5. The summed E-state index contributed by atoms with van der Waals surface area (Å²) in [7, 11) is -3.04. The lowest BCUT2D eigenvalue weighted by Gasteiger charge is -2.27. The number of anilines is 1. The topological polar surface area (TPSA) is 54.5 Å². The van der Waals surface area contributed by atoms with Gasteiger partial charge < -0.3 is 4.90 Å². The number of carbonyl (C=O) groups excluding carboxylic acids is 1. The van der Waals surface area contributed by atoms with E-state index in [4.69, 9.17) is 11.6 Å². The molecule has 1 aromatic carbocycles. The van der Waals surface area contributed by atoms with Crippen molar-refractivity contribution < 1.29 is 13.2 Å².